The minimum absolute atomic E-state index is 0.136. The van der Waals surface area contributed by atoms with E-state index in [4.69, 9.17) is 16.2 Å². The maximum absolute atomic E-state index is 6.01. The first-order chi connectivity index (χ1) is 19.1. The molecule has 5 aromatic rings. The largest absolute Gasteiger partial charge is 0.457 e. The third kappa shape index (κ3) is 5.89. The van der Waals surface area contributed by atoms with Gasteiger partial charge in [-0.25, -0.2) is 0 Å². The van der Waals surface area contributed by atoms with E-state index in [2.05, 4.69) is 100 Å². The normalized spacial score (nSPS) is 11.8. The number of anilines is 2. The number of hydrogen-bond acceptors (Lipinski definition) is 3. The van der Waals surface area contributed by atoms with Crippen LogP contribution >= 0.6 is 0 Å². The van der Waals surface area contributed by atoms with Gasteiger partial charge in [0.15, 0.2) is 0 Å². The molecular weight excluding hydrogens is 488 g/mol. The molecule has 0 aliphatic rings. The molecule has 0 amide bonds. The third-order valence-corrected chi connectivity index (χ3v) is 8.06. The van der Waals surface area contributed by atoms with Gasteiger partial charge in [-0.3, -0.25) is 0 Å². The Bertz CT molecular complexity index is 1450. The van der Waals surface area contributed by atoms with E-state index in [1.54, 1.807) is 0 Å². The summed E-state index contributed by atoms with van der Waals surface area (Å²) in [4.78, 5) is 0. The molecule has 0 spiro atoms. The molecular formula is C37H38N2O. The van der Waals surface area contributed by atoms with Crippen molar-refractivity contribution in [2.24, 2.45) is 0 Å². The summed E-state index contributed by atoms with van der Waals surface area (Å²) in [5.74, 6) is 1.58. The summed E-state index contributed by atoms with van der Waals surface area (Å²) in [5.41, 5.74) is 20.5. The van der Waals surface area contributed by atoms with Crippen molar-refractivity contribution in [1.82, 2.24) is 0 Å². The van der Waals surface area contributed by atoms with E-state index >= 15 is 0 Å². The maximum atomic E-state index is 6.01. The van der Waals surface area contributed by atoms with Crippen molar-refractivity contribution < 1.29 is 4.74 Å². The number of benzene rings is 5. The van der Waals surface area contributed by atoms with E-state index in [9.17, 15) is 0 Å². The second-order valence-corrected chi connectivity index (χ2v) is 11.6. The zero-order chi connectivity index (χ0) is 28.3. The molecule has 0 bridgehead atoms. The van der Waals surface area contributed by atoms with Gasteiger partial charge in [0.25, 0.3) is 0 Å². The molecule has 0 unspecified atom stereocenters. The lowest BCUT2D eigenvalue weighted by atomic mass is 9.73. The number of rotatable bonds is 8. The van der Waals surface area contributed by atoms with Crippen LogP contribution in [-0.4, -0.2) is 0 Å². The Kier molecular flexibility index (Phi) is 7.40. The smallest absolute Gasteiger partial charge is 0.127 e. The monoisotopic (exact) mass is 526 g/mol. The molecule has 0 saturated carbocycles. The summed E-state index contributed by atoms with van der Waals surface area (Å²) in [6.07, 6.45) is 0.897. The van der Waals surface area contributed by atoms with Crippen LogP contribution in [0.5, 0.6) is 11.5 Å². The van der Waals surface area contributed by atoms with Gasteiger partial charge < -0.3 is 16.2 Å². The third-order valence-electron chi connectivity index (χ3n) is 8.06. The molecule has 40 heavy (non-hydrogen) atoms. The zero-order valence-corrected chi connectivity index (χ0v) is 23.8. The van der Waals surface area contributed by atoms with Crippen LogP contribution < -0.4 is 16.2 Å². The van der Waals surface area contributed by atoms with Gasteiger partial charge in [-0.1, -0.05) is 100 Å². The molecule has 0 fully saturated rings. The Balaban J connectivity index is 1.33. The SMILES string of the molecule is CC(C)(c1ccc(Cc2ccc(N)cc2)cc1)c1cccc(C(C)(C)c2ccc(Oc3ccc(N)cc3)cc2)c1. The predicted octanol–water partition coefficient (Wildman–Crippen LogP) is 8.89. The van der Waals surface area contributed by atoms with Crippen molar-refractivity contribution in [3.8, 4) is 11.5 Å². The standard InChI is InChI=1S/C37H38N2O/c1-36(2,28-12-8-26(9-13-28)24-27-10-16-32(38)17-11-27)30-6-5-7-31(25-30)37(3,4)29-14-20-34(21-15-29)40-35-22-18-33(39)19-23-35/h5-23,25H,24,38-39H2,1-4H3. The quantitative estimate of drug-likeness (QED) is 0.198. The van der Waals surface area contributed by atoms with Gasteiger partial charge in [-0.2, -0.15) is 0 Å². The van der Waals surface area contributed by atoms with E-state index < -0.39 is 0 Å². The van der Waals surface area contributed by atoms with Crippen LogP contribution in [0.25, 0.3) is 0 Å². The van der Waals surface area contributed by atoms with Gasteiger partial charge >= 0.3 is 0 Å². The number of nitrogen functional groups attached to an aromatic ring is 2. The first kappa shape index (κ1) is 27.1. The summed E-state index contributed by atoms with van der Waals surface area (Å²) in [5, 5.41) is 0. The number of hydrogen-bond donors (Lipinski definition) is 2. The fourth-order valence-electron chi connectivity index (χ4n) is 5.15. The molecule has 3 nitrogen and oxygen atoms in total. The molecule has 0 heterocycles. The van der Waals surface area contributed by atoms with Crippen LogP contribution in [0.3, 0.4) is 0 Å². The van der Waals surface area contributed by atoms with Crippen LogP contribution in [-0.2, 0) is 17.3 Å². The Morgan fingerprint density at radius 2 is 0.850 bits per heavy atom. The highest BCUT2D eigenvalue weighted by Crippen LogP contribution is 2.37. The Hall–Kier alpha value is -4.50. The van der Waals surface area contributed by atoms with Gasteiger partial charge in [0.1, 0.15) is 11.5 Å². The molecule has 0 aliphatic heterocycles. The highest BCUT2D eigenvalue weighted by atomic mass is 16.5. The van der Waals surface area contributed by atoms with E-state index in [1.165, 1.54) is 33.4 Å². The summed E-state index contributed by atoms with van der Waals surface area (Å²) in [6, 6.07) is 42.0. The van der Waals surface area contributed by atoms with Crippen molar-refractivity contribution in [2.75, 3.05) is 11.5 Å². The van der Waals surface area contributed by atoms with Gasteiger partial charge in [0, 0.05) is 22.2 Å². The molecule has 0 atom stereocenters. The summed E-state index contributed by atoms with van der Waals surface area (Å²) in [6.45, 7) is 9.16. The molecule has 0 aromatic heterocycles. The van der Waals surface area contributed by atoms with Crippen LogP contribution in [0.2, 0.25) is 0 Å². The van der Waals surface area contributed by atoms with Crippen LogP contribution in [0, 0.1) is 0 Å². The fourth-order valence-corrected chi connectivity index (χ4v) is 5.15. The molecule has 5 aromatic carbocycles. The molecule has 0 saturated heterocycles. The lowest BCUT2D eigenvalue weighted by Crippen LogP contribution is -2.23. The highest BCUT2D eigenvalue weighted by Gasteiger charge is 2.28. The minimum atomic E-state index is -0.172. The van der Waals surface area contributed by atoms with Crippen molar-refractivity contribution >= 4 is 11.4 Å². The van der Waals surface area contributed by atoms with Gasteiger partial charge in [0.2, 0.25) is 0 Å². The zero-order valence-electron chi connectivity index (χ0n) is 23.8. The summed E-state index contributed by atoms with van der Waals surface area (Å²) < 4.78 is 6.01. The van der Waals surface area contributed by atoms with Crippen molar-refractivity contribution in [3.05, 3.63) is 155 Å². The lowest BCUT2D eigenvalue weighted by Gasteiger charge is -2.31. The van der Waals surface area contributed by atoms with Crippen LogP contribution in [0.15, 0.2) is 121 Å². The first-order valence-corrected chi connectivity index (χ1v) is 13.8. The van der Waals surface area contributed by atoms with Gasteiger partial charge in [-0.05, 0) is 88.3 Å². The van der Waals surface area contributed by atoms with E-state index in [-0.39, 0.29) is 10.8 Å². The Morgan fingerprint density at radius 1 is 0.475 bits per heavy atom. The summed E-state index contributed by atoms with van der Waals surface area (Å²) in [7, 11) is 0. The highest BCUT2D eigenvalue weighted by molar-refractivity contribution is 5.47. The predicted molar refractivity (Wildman–Crippen MR) is 168 cm³/mol. The maximum Gasteiger partial charge on any atom is 0.127 e. The molecule has 5 rings (SSSR count). The Morgan fingerprint density at radius 3 is 1.32 bits per heavy atom. The van der Waals surface area contributed by atoms with Crippen LogP contribution in [0.1, 0.15) is 61.1 Å². The fraction of sp³-hybridized carbons (Fsp3) is 0.189. The minimum Gasteiger partial charge on any atom is -0.457 e. The second-order valence-electron chi connectivity index (χ2n) is 11.6. The van der Waals surface area contributed by atoms with Gasteiger partial charge in [0.05, 0.1) is 0 Å². The molecule has 0 aliphatic carbocycles. The Labute approximate surface area is 238 Å². The van der Waals surface area contributed by atoms with E-state index in [0.29, 0.717) is 0 Å². The van der Waals surface area contributed by atoms with Gasteiger partial charge in [-0.15, -0.1) is 0 Å². The van der Waals surface area contributed by atoms with Crippen molar-refractivity contribution in [3.63, 3.8) is 0 Å². The summed E-state index contributed by atoms with van der Waals surface area (Å²) >= 11 is 0. The molecule has 202 valence electrons. The number of ether oxygens (including phenoxy) is 1. The molecule has 4 N–H and O–H groups in total. The van der Waals surface area contributed by atoms with E-state index in [1.807, 2.05) is 48.5 Å². The van der Waals surface area contributed by atoms with Crippen molar-refractivity contribution in [2.45, 2.75) is 44.9 Å². The molecule has 0 radical (unpaired) electrons. The number of nitrogens with two attached hydrogens (primary N) is 2. The van der Waals surface area contributed by atoms with Crippen LogP contribution in [0.4, 0.5) is 11.4 Å². The molecule has 3 heteroatoms. The second kappa shape index (κ2) is 10.9. The lowest BCUT2D eigenvalue weighted by molar-refractivity contribution is 0.482. The first-order valence-electron chi connectivity index (χ1n) is 13.8. The topological polar surface area (TPSA) is 61.3 Å². The average molecular weight is 527 g/mol. The van der Waals surface area contributed by atoms with E-state index in [0.717, 1.165) is 29.3 Å². The average Bonchev–Trinajstić information content (AvgIpc) is 2.96. The van der Waals surface area contributed by atoms with Crippen molar-refractivity contribution in [1.29, 1.82) is 0 Å².